The number of hydrogen-bond donors (Lipinski definition) is 0. The summed E-state index contributed by atoms with van der Waals surface area (Å²) in [4.78, 5) is 2.40. The number of likely N-dealkylation sites (N-methyl/N-ethyl adjacent to an activating group) is 1. The molecular weight excluding hydrogens is 146 g/mol. The molecular formula is C11H23N. The Morgan fingerprint density at radius 2 is 2.00 bits per heavy atom. The molecule has 72 valence electrons. The maximum atomic E-state index is 2.40. The first-order valence-corrected chi connectivity index (χ1v) is 5.07. The molecule has 1 atom stereocenters. The lowest BCUT2D eigenvalue weighted by atomic mass is 10.1. The number of nitrogens with zero attached hydrogens (tertiary/aromatic N) is 1. The third-order valence-electron chi connectivity index (χ3n) is 2.30. The summed E-state index contributed by atoms with van der Waals surface area (Å²) in [5, 5.41) is 0. The molecule has 0 bridgehead atoms. The second-order valence-electron chi connectivity index (χ2n) is 3.34. The minimum atomic E-state index is 0.641. The Morgan fingerprint density at radius 1 is 1.42 bits per heavy atom. The van der Waals surface area contributed by atoms with Gasteiger partial charge in [0.15, 0.2) is 0 Å². The summed E-state index contributed by atoms with van der Waals surface area (Å²) in [7, 11) is 2.19. The lowest BCUT2D eigenvalue weighted by Gasteiger charge is -2.19. The quantitative estimate of drug-likeness (QED) is 0.504. The number of allylic oxidation sites excluding steroid dienone is 1. The molecule has 0 aromatic heterocycles. The molecule has 1 heterocycles. The second-order valence-corrected chi connectivity index (χ2v) is 3.34. The molecule has 0 saturated carbocycles. The van der Waals surface area contributed by atoms with E-state index in [0.717, 1.165) is 0 Å². The van der Waals surface area contributed by atoms with E-state index in [1.165, 1.54) is 19.4 Å². The van der Waals surface area contributed by atoms with E-state index in [4.69, 9.17) is 0 Å². The summed E-state index contributed by atoms with van der Waals surface area (Å²) in [6.07, 6.45) is 4.98. The summed E-state index contributed by atoms with van der Waals surface area (Å²) < 4.78 is 0. The van der Waals surface area contributed by atoms with Crippen molar-refractivity contribution in [3.05, 3.63) is 11.6 Å². The highest BCUT2D eigenvalue weighted by molar-refractivity contribution is 5.05. The van der Waals surface area contributed by atoms with Crippen molar-refractivity contribution in [2.45, 2.75) is 46.6 Å². The topological polar surface area (TPSA) is 3.24 Å². The van der Waals surface area contributed by atoms with Gasteiger partial charge in [0.2, 0.25) is 0 Å². The minimum absolute atomic E-state index is 0.641. The number of hydrogen-bond acceptors (Lipinski definition) is 1. The van der Waals surface area contributed by atoms with Crippen molar-refractivity contribution in [2.24, 2.45) is 0 Å². The van der Waals surface area contributed by atoms with Gasteiger partial charge >= 0.3 is 0 Å². The highest BCUT2D eigenvalue weighted by atomic mass is 15.1. The largest absolute Gasteiger partial charge is 0.300 e. The lowest BCUT2D eigenvalue weighted by Crippen LogP contribution is -2.26. The van der Waals surface area contributed by atoms with Crippen LogP contribution in [0.3, 0.4) is 0 Å². The van der Waals surface area contributed by atoms with Crippen molar-refractivity contribution < 1.29 is 0 Å². The van der Waals surface area contributed by atoms with E-state index in [1.54, 1.807) is 5.57 Å². The van der Waals surface area contributed by atoms with Gasteiger partial charge in [-0.25, -0.2) is 0 Å². The van der Waals surface area contributed by atoms with E-state index in [-0.39, 0.29) is 0 Å². The van der Waals surface area contributed by atoms with Crippen molar-refractivity contribution in [1.82, 2.24) is 4.90 Å². The summed E-state index contributed by atoms with van der Waals surface area (Å²) in [6.45, 7) is 9.74. The molecule has 0 radical (unpaired) electrons. The van der Waals surface area contributed by atoms with Gasteiger partial charge in [-0.2, -0.15) is 0 Å². The molecule has 1 rings (SSSR count). The zero-order valence-electron chi connectivity index (χ0n) is 9.22. The van der Waals surface area contributed by atoms with Gasteiger partial charge in [-0.15, -0.1) is 0 Å². The van der Waals surface area contributed by atoms with Crippen LogP contribution >= 0.6 is 0 Å². The van der Waals surface area contributed by atoms with Gasteiger partial charge in [0, 0.05) is 6.04 Å². The van der Waals surface area contributed by atoms with Crippen LogP contribution in [0.2, 0.25) is 0 Å². The van der Waals surface area contributed by atoms with Gasteiger partial charge in [-0.3, -0.25) is 0 Å². The Bertz CT molecular complexity index is 138. The Morgan fingerprint density at radius 3 is 2.58 bits per heavy atom. The van der Waals surface area contributed by atoms with Crippen LogP contribution in [0.25, 0.3) is 0 Å². The van der Waals surface area contributed by atoms with E-state index in [9.17, 15) is 0 Å². The summed E-state index contributed by atoms with van der Waals surface area (Å²) in [6, 6.07) is 0.641. The third-order valence-corrected chi connectivity index (χ3v) is 2.30. The Hall–Kier alpha value is -0.300. The van der Waals surface area contributed by atoms with Crippen LogP contribution in [0.5, 0.6) is 0 Å². The molecule has 0 saturated heterocycles. The third kappa shape index (κ3) is 3.91. The summed E-state index contributed by atoms with van der Waals surface area (Å²) in [5.41, 5.74) is 1.55. The minimum Gasteiger partial charge on any atom is -0.300 e. The summed E-state index contributed by atoms with van der Waals surface area (Å²) >= 11 is 0. The van der Waals surface area contributed by atoms with Crippen molar-refractivity contribution in [2.75, 3.05) is 13.6 Å². The molecule has 0 spiro atoms. The van der Waals surface area contributed by atoms with Gasteiger partial charge in [0.1, 0.15) is 0 Å². The van der Waals surface area contributed by atoms with E-state index in [1.807, 2.05) is 13.8 Å². The summed E-state index contributed by atoms with van der Waals surface area (Å²) in [5.74, 6) is 0. The van der Waals surface area contributed by atoms with Crippen molar-refractivity contribution >= 4 is 0 Å². The molecule has 1 unspecified atom stereocenters. The standard InChI is InChI=1S/C9H17N.C2H6/c1-8-5-4-6-10(3)9(2)7-8;1-2/h7,9H,4-6H2,1-3H3;1-2H3. The smallest absolute Gasteiger partial charge is 0.0249 e. The monoisotopic (exact) mass is 169 g/mol. The molecule has 0 fully saturated rings. The SMILES string of the molecule is CC.CC1=CC(C)N(C)CCC1. The van der Waals surface area contributed by atoms with E-state index >= 15 is 0 Å². The van der Waals surface area contributed by atoms with Gasteiger partial charge in [0.05, 0.1) is 0 Å². The van der Waals surface area contributed by atoms with E-state index in [2.05, 4.69) is 31.9 Å². The average Bonchev–Trinajstić information content (AvgIpc) is 2.19. The molecule has 0 amide bonds. The molecule has 0 aliphatic carbocycles. The second kappa shape index (κ2) is 6.24. The van der Waals surface area contributed by atoms with E-state index < -0.39 is 0 Å². The Balaban J connectivity index is 0.000000561. The van der Waals surface area contributed by atoms with Crippen LogP contribution in [0.15, 0.2) is 11.6 Å². The van der Waals surface area contributed by atoms with Gasteiger partial charge in [-0.05, 0) is 40.3 Å². The van der Waals surface area contributed by atoms with Crippen LogP contribution < -0.4 is 0 Å². The van der Waals surface area contributed by atoms with Crippen LogP contribution in [0.4, 0.5) is 0 Å². The molecule has 1 heteroatoms. The zero-order valence-corrected chi connectivity index (χ0v) is 9.22. The maximum Gasteiger partial charge on any atom is 0.0249 e. The molecule has 12 heavy (non-hydrogen) atoms. The first-order chi connectivity index (χ1) is 5.70. The number of rotatable bonds is 0. The highest BCUT2D eigenvalue weighted by Crippen LogP contribution is 2.13. The fraction of sp³-hybridized carbons (Fsp3) is 0.818. The molecule has 0 N–H and O–H groups in total. The maximum absolute atomic E-state index is 2.40. The molecule has 0 aromatic carbocycles. The van der Waals surface area contributed by atoms with Gasteiger partial charge in [0.25, 0.3) is 0 Å². The van der Waals surface area contributed by atoms with Crippen LogP contribution in [0, 0.1) is 0 Å². The fourth-order valence-corrected chi connectivity index (χ4v) is 1.43. The Labute approximate surface area is 77.5 Å². The Kier molecular flexibility index (Phi) is 6.09. The molecule has 1 aliphatic rings. The average molecular weight is 169 g/mol. The van der Waals surface area contributed by atoms with Crippen LogP contribution in [0.1, 0.15) is 40.5 Å². The van der Waals surface area contributed by atoms with E-state index in [0.29, 0.717) is 6.04 Å². The van der Waals surface area contributed by atoms with Crippen molar-refractivity contribution in [3.63, 3.8) is 0 Å². The molecule has 0 aromatic rings. The normalized spacial score (nSPS) is 25.1. The van der Waals surface area contributed by atoms with Crippen LogP contribution in [-0.4, -0.2) is 24.5 Å². The van der Waals surface area contributed by atoms with Gasteiger partial charge < -0.3 is 4.90 Å². The highest BCUT2D eigenvalue weighted by Gasteiger charge is 2.09. The fourth-order valence-electron chi connectivity index (χ4n) is 1.43. The lowest BCUT2D eigenvalue weighted by molar-refractivity contribution is 0.301. The molecule has 1 nitrogen and oxygen atoms in total. The first-order valence-electron chi connectivity index (χ1n) is 5.07. The molecule has 1 aliphatic heterocycles. The van der Waals surface area contributed by atoms with Crippen LogP contribution in [-0.2, 0) is 0 Å². The zero-order chi connectivity index (χ0) is 9.56. The van der Waals surface area contributed by atoms with Crippen molar-refractivity contribution in [1.29, 1.82) is 0 Å². The predicted octanol–water partition coefficient (Wildman–Crippen LogP) is 3.07. The predicted molar refractivity (Wildman–Crippen MR) is 56.4 cm³/mol. The van der Waals surface area contributed by atoms with Gasteiger partial charge in [-0.1, -0.05) is 25.5 Å². The first kappa shape index (κ1) is 11.7. The van der Waals surface area contributed by atoms with Crippen molar-refractivity contribution in [3.8, 4) is 0 Å².